The van der Waals surface area contributed by atoms with Gasteiger partial charge < -0.3 is 10.6 Å². The Bertz CT molecular complexity index is 684. The topological polar surface area (TPSA) is 54.0 Å². The summed E-state index contributed by atoms with van der Waals surface area (Å²) >= 11 is 5.91. The highest BCUT2D eigenvalue weighted by atomic mass is 32.2. The van der Waals surface area contributed by atoms with Crippen LogP contribution in [0, 0.1) is 0 Å². The molecule has 4 rings (SSSR count). The Balaban J connectivity index is 1.54. The molecule has 2 N–H and O–H groups in total. The summed E-state index contributed by atoms with van der Waals surface area (Å²) in [6.45, 7) is 0. The number of carbonyl (C=O) groups is 1. The molecule has 0 aromatic carbocycles. The Morgan fingerprint density at radius 1 is 1.45 bits per heavy atom. The molecular formula is C14H15N3OS2. The number of amides is 1. The van der Waals surface area contributed by atoms with Crippen LogP contribution >= 0.6 is 24.0 Å². The van der Waals surface area contributed by atoms with E-state index in [0.717, 1.165) is 27.1 Å². The van der Waals surface area contributed by atoms with Crippen molar-refractivity contribution in [2.45, 2.75) is 41.6 Å². The van der Waals surface area contributed by atoms with Gasteiger partial charge in [-0.3, -0.25) is 4.79 Å². The molecule has 0 aliphatic carbocycles. The van der Waals surface area contributed by atoms with Crippen molar-refractivity contribution in [1.29, 1.82) is 0 Å². The molecule has 6 heteroatoms. The number of hydrogen-bond donors (Lipinski definition) is 3. The minimum absolute atomic E-state index is 0.0711. The van der Waals surface area contributed by atoms with Gasteiger partial charge in [-0.1, -0.05) is 0 Å². The number of fused-ring (bicyclic) bond motifs is 3. The molecule has 4 heterocycles. The van der Waals surface area contributed by atoms with Gasteiger partial charge in [0, 0.05) is 24.3 Å². The lowest BCUT2D eigenvalue weighted by Crippen LogP contribution is -2.43. The summed E-state index contributed by atoms with van der Waals surface area (Å²) in [5.74, 6) is -0.0711. The molecule has 2 aromatic heterocycles. The first kappa shape index (κ1) is 12.6. The molecule has 2 aliphatic rings. The number of thiophene rings is 1. The highest BCUT2D eigenvalue weighted by Gasteiger charge is 2.39. The van der Waals surface area contributed by atoms with Gasteiger partial charge in [-0.15, -0.1) is 24.0 Å². The molecule has 2 saturated heterocycles. The fourth-order valence-corrected chi connectivity index (χ4v) is 4.47. The number of pyridine rings is 1. The SMILES string of the molecule is O=C(N[C@@H]1C[C@H]2CC[C@@H]1N2)c1cc2cc(S)sc2cn1. The maximum absolute atomic E-state index is 12.3. The number of nitrogens with one attached hydrogen (secondary N) is 2. The highest BCUT2D eigenvalue weighted by molar-refractivity contribution is 7.83. The predicted octanol–water partition coefficient (Wildman–Crippen LogP) is 2.21. The van der Waals surface area contributed by atoms with E-state index in [0.29, 0.717) is 17.8 Å². The van der Waals surface area contributed by atoms with Crippen LogP contribution in [0.5, 0.6) is 0 Å². The predicted molar refractivity (Wildman–Crippen MR) is 82.7 cm³/mol. The van der Waals surface area contributed by atoms with Crippen LogP contribution in [0.25, 0.3) is 10.1 Å². The van der Waals surface area contributed by atoms with Gasteiger partial charge in [0.05, 0.1) is 8.91 Å². The summed E-state index contributed by atoms with van der Waals surface area (Å²) in [5, 5.41) is 7.68. The van der Waals surface area contributed by atoms with Crippen molar-refractivity contribution in [3.05, 3.63) is 24.0 Å². The van der Waals surface area contributed by atoms with Crippen molar-refractivity contribution < 1.29 is 4.79 Å². The molecule has 0 saturated carbocycles. The fraction of sp³-hybridized carbons (Fsp3) is 0.429. The van der Waals surface area contributed by atoms with Crippen molar-refractivity contribution in [3.8, 4) is 0 Å². The average Bonchev–Trinajstić information content (AvgIpc) is 3.10. The van der Waals surface area contributed by atoms with Crippen LogP contribution in [0.3, 0.4) is 0 Å². The van der Waals surface area contributed by atoms with Crippen molar-refractivity contribution in [2.75, 3.05) is 0 Å². The zero-order valence-corrected chi connectivity index (χ0v) is 12.5. The van der Waals surface area contributed by atoms with E-state index in [4.69, 9.17) is 0 Å². The van der Waals surface area contributed by atoms with E-state index in [1.54, 1.807) is 17.5 Å². The molecule has 2 fully saturated rings. The van der Waals surface area contributed by atoms with Crippen LogP contribution < -0.4 is 10.6 Å². The third-order valence-corrected chi connectivity index (χ3v) is 5.53. The fourth-order valence-electron chi connectivity index (χ4n) is 3.28. The molecule has 3 atom stereocenters. The van der Waals surface area contributed by atoms with Crippen molar-refractivity contribution in [1.82, 2.24) is 15.6 Å². The second-order valence-corrected chi connectivity index (χ2v) is 7.42. The number of thiol groups is 1. The average molecular weight is 305 g/mol. The van der Waals surface area contributed by atoms with E-state index < -0.39 is 0 Å². The Labute approximate surface area is 126 Å². The summed E-state index contributed by atoms with van der Waals surface area (Å²) in [7, 11) is 0. The Morgan fingerprint density at radius 3 is 3.10 bits per heavy atom. The lowest BCUT2D eigenvalue weighted by Gasteiger charge is -2.21. The minimum atomic E-state index is -0.0711. The summed E-state index contributed by atoms with van der Waals surface area (Å²) in [6.07, 6.45) is 5.20. The third kappa shape index (κ3) is 2.12. The van der Waals surface area contributed by atoms with Crippen molar-refractivity contribution in [3.63, 3.8) is 0 Å². The van der Waals surface area contributed by atoms with Gasteiger partial charge in [-0.05, 0) is 36.8 Å². The molecule has 104 valence electrons. The van der Waals surface area contributed by atoms with Gasteiger partial charge in [0.15, 0.2) is 0 Å². The quantitative estimate of drug-likeness (QED) is 0.746. The zero-order chi connectivity index (χ0) is 13.7. The lowest BCUT2D eigenvalue weighted by atomic mass is 9.95. The molecule has 2 aliphatic heterocycles. The summed E-state index contributed by atoms with van der Waals surface area (Å²) in [6, 6.07) is 5.10. The van der Waals surface area contributed by atoms with Gasteiger partial charge >= 0.3 is 0 Å². The van der Waals surface area contributed by atoms with Crippen LogP contribution in [0.2, 0.25) is 0 Å². The van der Waals surface area contributed by atoms with E-state index in [1.807, 2.05) is 12.1 Å². The van der Waals surface area contributed by atoms with Crippen LogP contribution in [0.1, 0.15) is 29.8 Å². The largest absolute Gasteiger partial charge is 0.346 e. The first-order chi connectivity index (χ1) is 9.69. The monoisotopic (exact) mass is 305 g/mol. The van der Waals surface area contributed by atoms with E-state index in [1.165, 1.54) is 6.42 Å². The standard InChI is InChI=1S/C14H15N3OS2/c18-14(17-10-5-8-1-2-9(10)16-8)11-3-7-4-13(19)20-12(7)6-15-11/h3-4,6,8-10,16,19H,1-2,5H2,(H,17,18)/t8-,9+,10-/m1/s1. The Hall–Kier alpha value is -1.11. The number of hydrogen-bond acceptors (Lipinski definition) is 5. The Morgan fingerprint density at radius 2 is 2.35 bits per heavy atom. The van der Waals surface area contributed by atoms with E-state index in [9.17, 15) is 4.79 Å². The normalized spacial score (nSPS) is 28.1. The first-order valence-corrected chi connectivity index (χ1v) is 8.11. The van der Waals surface area contributed by atoms with Crippen molar-refractivity contribution in [2.24, 2.45) is 0 Å². The van der Waals surface area contributed by atoms with Crippen LogP contribution in [-0.4, -0.2) is 29.0 Å². The van der Waals surface area contributed by atoms with Crippen LogP contribution in [0.4, 0.5) is 0 Å². The molecule has 0 unspecified atom stereocenters. The molecule has 4 nitrogen and oxygen atoms in total. The maximum atomic E-state index is 12.3. The molecule has 0 radical (unpaired) electrons. The number of nitrogens with zero attached hydrogens (tertiary/aromatic N) is 1. The highest BCUT2D eigenvalue weighted by Crippen LogP contribution is 2.29. The lowest BCUT2D eigenvalue weighted by molar-refractivity contribution is 0.0926. The van der Waals surface area contributed by atoms with Gasteiger partial charge in [0.25, 0.3) is 5.91 Å². The van der Waals surface area contributed by atoms with E-state index in [-0.39, 0.29) is 11.9 Å². The van der Waals surface area contributed by atoms with Gasteiger partial charge in [-0.2, -0.15) is 0 Å². The molecule has 2 bridgehead atoms. The number of carbonyl (C=O) groups excluding carboxylic acids is 1. The number of rotatable bonds is 2. The summed E-state index contributed by atoms with van der Waals surface area (Å²) in [4.78, 5) is 16.6. The smallest absolute Gasteiger partial charge is 0.270 e. The minimum Gasteiger partial charge on any atom is -0.346 e. The van der Waals surface area contributed by atoms with Gasteiger partial charge in [0.1, 0.15) is 5.69 Å². The van der Waals surface area contributed by atoms with Crippen LogP contribution in [0.15, 0.2) is 22.5 Å². The van der Waals surface area contributed by atoms with E-state index in [2.05, 4.69) is 28.2 Å². The second kappa shape index (κ2) is 4.72. The molecule has 0 spiro atoms. The number of aromatic nitrogens is 1. The zero-order valence-electron chi connectivity index (χ0n) is 10.8. The molecule has 20 heavy (non-hydrogen) atoms. The summed E-state index contributed by atoms with van der Waals surface area (Å²) < 4.78 is 2.00. The molecular weight excluding hydrogens is 290 g/mol. The van der Waals surface area contributed by atoms with Crippen molar-refractivity contribution >= 4 is 40.0 Å². The van der Waals surface area contributed by atoms with Crippen LogP contribution in [-0.2, 0) is 0 Å². The molecule has 1 amide bonds. The summed E-state index contributed by atoms with van der Waals surface area (Å²) in [5.41, 5.74) is 0.492. The second-order valence-electron chi connectivity index (χ2n) is 5.56. The Kier molecular flexibility index (Phi) is 2.98. The third-order valence-electron chi connectivity index (χ3n) is 4.24. The van der Waals surface area contributed by atoms with Gasteiger partial charge in [0.2, 0.25) is 0 Å². The molecule has 2 aromatic rings. The van der Waals surface area contributed by atoms with E-state index >= 15 is 0 Å². The van der Waals surface area contributed by atoms with Gasteiger partial charge in [-0.25, -0.2) is 4.98 Å². The first-order valence-electron chi connectivity index (χ1n) is 6.84. The maximum Gasteiger partial charge on any atom is 0.270 e.